The maximum atomic E-state index is 12.2. The molecule has 0 radical (unpaired) electrons. The van der Waals surface area contributed by atoms with Crippen molar-refractivity contribution in [2.75, 3.05) is 4.72 Å². The zero-order chi connectivity index (χ0) is 14.9. The van der Waals surface area contributed by atoms with Crippen molar-refractivity contribution in [1.29, 1.82) is 0 Å². The summed E-state index contributed by atoms with van der Waals surface area (Å²) in [7, 11) is -3.53. The van der Waals surface area contributed by atoms with Gasteiger partial charge in [-0.25, -0.2) is 8.42 Å². The zero-order valence-corrected chi connectivity index (χ0v) is 13.8. The Balaban J connectivity index is 2.25. The molecule has 0 amide bonds. The van der Waals surface area contributed by atoms with Gasteiger partial charge in [-0.2, -0.15) is 0 Å². The summed E-state index contributed by atoms with van der Waals surface area (Å²) in [5.41, 5.74) is 2.85. The summed E-state index contributed by atoms with van der Waals surface area (Å²) in [4.78, 5) is 0. The van der Waals surface area contributed by atoms with E-state index >= 15 is 0 Å². The molecule has 108 valence electrons. The van der Waals surface area contributed by atoms with Crippen LogP contribution in [-0.2, 0) is 15.8 Å². The minimum atomic E-state index is -3.53. The number of halogens is 1. The second-order valence-corrected chi connectivity index (χ2v) is 7.31. The molecule has 0 bridgehead atoms. The van der Waals surface area contributed by atoms with Crippen molar-refractivity contribution in [2.45, 2.75) is 26.5 Å². The Morgan fingerprint density at radius 1 is 1.25 bits per heavy atom. The molecular weight excluding hydrogens is 344 g/mol. The lowest BCUT2D eigenvalue weighted by Gasteiger charge is -2.12. The van der Waals surface area contributed by atoms with Crippen LogP contribution in [-0.4, -0.2) is 13.6 Å². The first-order valence-electron chi connectivity index (χ1n) is 5.96. The molecule has 0 aliphatic rings. The molecule has 0 spiro atoms. The van der Waals surface area contributed by atoms with E-state index in [1.807, 2.05) is 26.0 Å². The van der Waals surface area contributed by atoms with Crippen molar-refractivity contribution in [3.63, 3.8) is 0 Å². The van der Waals surface area contributed by atoms with Crippen molar-refractivity contribution in [3.05, 3.63) is 45.3 Å². The second kappa shape index (κ2) is 5.57. The van der Waals surface area contributed by atoms with Crippen LogP contribution in [0, 0.1) is 20.8 Å². The van der Waals surface area contributed by atoms with Gasteiger partial charge in [0, 0.05) is 10.5 Å². The van der Waals surface area contributed by atoms with Gasteiger partial charge in [0.05, 0.1) is 5.69 Å². The van der Waals surface area contributed by atoms with Crippen molar-refractivity contribution in [2.24, 2.45) is 0 Å². The molecule has 1 heterocycles. The number of anilines is 1. The van der Waals surface area contributed by atoms with Crippen LogP contribution in [0.5, 0.6) is 0 Å². The fourth-order valence-electron chi connectivity index (χ4n) is 1.92. The Kier molecular flexibility index (Phi) is 4.19. The number of nitrogens with zero attached hydrogens (tertiary/aromatic N) is 1. The highest BCUT2D eigenvalue weighted by Crippen LogP contribution is 2.29. The molecule has 0 saturated heterocycles. The van der Waals surface area contributed by atoms with Gasteiger partial charge in [-0.1, -0.05) is 11.2 Å². The summed E-state index contributed by atoms with van der Waals surface area (Å²) in [5, 5.41) is 3.70. The molecule has 5 nitrogen and oxygen atoms in total. The number of benzene rings is 1. The fourth-order valence-corrected chi connectivity index (χ4v) is 4.00. The minimum absolute atomic E-state index is 0.218. The van der Waals surface area contributed by atoms with E-state index in [9.17, 15) is 8.42 Å². The van der Waals surface area contributed by atoms with Crippen LogP contribution in [0.3, 0.4) is 0 Å². The van der Waals surface area contributed by atoms with Gasteiger partial charge in [0.2, 0.25) is 10.0 Å². The van der Waals surface area contributed by atoms with Gasteiger partial charge in [-0.15, -0.1) is 0 Å². The minimum Gasteiger partial charge on any atom is -0.361 e. The highest BCUT2D eigenvalue weighted by atomic mass is 79.9. The molecule has 0 aliphatic heterocycles. The third-order valence-electron chi connectivity index (χ3n) is 2.70. The largest absolute Gasteiger partial charge is 0.361 e. The lowest BCUT2D eigenvalue weighted by atomic mass is 10.1. The molecule has 1 aromatic heterocycles. The maximum absolute atomic E-state index is 12.2. The lowest BCUT2D eigenvalue weighted by molar-refractivity contribution is 0.392. The number of hydrogen-bond acceptors (Lipinski definition) is 4. The average Bonchev–Trinajstić information content (AvgIpc) is 2.68. The third kappa shape index (κ3) is 3.61. The van der Waals surface area contributed by atoms with Crippen molar-refractivity contribution in [1.82, 2.24) is 5.16 Å². The van der Waals surface area contributed by atoms with Gasteiger partial charge < -0.3 is 4.52 Å². The number of rotatable bonds is 4. The van der Waals surface area contributed by atoms with Gasteiger partial charge in [-0.05, 0) is 53.9 Å². The molecule has 1 aromatic carbocycles. The summed E-state index contributed by atoms with van der Waals surface area (Å²) in [5.74, 6) is 0.368. The van der Waals surface area contributed by atoms with Crippen LogP contribution in [0.15, 0.2) is 27.2 Å². The molecule has 0 atom stereocenters. The predicted molar refractivity (Wildman–Crippen MR) is 81.1 cm³/mol. The highest BCUT2D eigenvalue weighted by Gasteiger charge is 2.17. The van der Waals surface area contributed by atoms with Crippen LogP contribution in [0.25, 0.3) is 0 Å². The maximum Gasteiger partial charge on any atom is 0.238 e. The smallest absolute Gasteiger partial charge is 0.238 e. The Hall–Kier alpha value is -1.34. The predicted octanol–water partition coefficient (Wildman–Crippen LogP) is 3.30. The molecular formula is C13H15BrN2O3S. The van der Waals surface area contributed by atoms with Crippen molar-refractivity contribution >= 4 is 31.6 Å². The van der Waals surface area contributed by atoms with E-state index in [-0.39, 0.29) is 5.75 Å². The van der Waals surface area contributed by atoms with Gasteiger partial charge in [-0.3, -0.25) is 4.72 Å². The summed E-state index contributed by atoms with van der Waals surface area (Å²) in [6.07, 6.45) is 0. The standard InChI is InChI=1S/C13H15BrN2O3S/c1-8-4-9(2)13(12(14)5-8)16-20(17,18)7-11-6-10(3)19-15-11/h4-6,16H,7H2,1-3H3. The Labute approximate surface area is 126 Å². The quantitative estimate of drug-likeness (QED) is 0.909. The number of sulfonamides is 1. The van der Waals surface area contributed by atoms with E-state index in [0.29, 0.717) is 17.1 Å². The van der Waals surface area contributed by atoms with Crippen LogP contribution in [0.2, 0.25) is 0 Å². The third-order valence-corrected chi connectivity index (χ3v) is 4.52. The number of nitrogens with one attached hydrogen (secondary N) is 1. The van der Waals surface area contributed by atoms with Crippen LogP contribution < -0.4 is 4.72 Å². The summed E-state index contributed by atoms with van der Waals surface area (Å²) < 4.78 is 32.5. The van der Waals surface area contributed by atoms with E-state index in [4.69, 9.17) is 4.52 Å². The van der Waals surface area contributed by atoms with Crippen LogP contribution in [0.1, 0.15) is 22.6 Å². The first-order chi connectivity index (χ1) is 9.27. The second-order valence-electron chi connectivity index (χ2n) is 4.73. The molecule has 2 aromatic rings. The number of aromatic nitrogens is 1. The first kappa shape index (κ1) is 15.1. The lowest BCUT2D eigenvalue weighted by Crippen LogP contribution is -2.16. The summed E-state index contributed by atoms with van der Waals surface area (Å²) >= 11 is 3.38. The van der Waals surface area contributed by atoms with E-state index < -0.39 is 10.0 Å². The van der Waals surface area contributed by atoms with Crippen LogP contribution in [0.4, 0.5) is 5.69 Å². The molecule has 0 fully saturated rings. The molecule has 0 unspecified atom stereocenters. The number of aryl methyl sites for hydroxylation is 3. The highest BCUT2D eigenvalue weighted by molar-refractivity contribution is 9.10. The first-order valence-corrected chi connectivity index (χ1v) is 8.41. The molecule has 20 heavy (non-hydrogen) atoms. The van der Waals surface area contributed by atoms with Crippen molar-refractivity contribution < 1.29 is 12.9 Å². The van der Waals surface area contributed by atoms with E-state index in [1.165, 1.54) is 0 Å². The summed E-state index contributed by atoms with van der Waals surface area (Å²) in [6.45, 7) is 5.53. The average molecular weight is 359 g/mol. The van der Waals surface area contributed by atoms with Gasteiger partial charge >= 0.3 is 0 Å². The van der Waals surface area contributed by atoms with E-state index in [1.54, 1.807) is 13.0 Å². The Morgan fingerprint density at radius 2 is 1.95 bits per heavy atom. The topological polar surface area (TPSA) is 72.2 Å². The Bertz CT molecular complexity index is 715. The normalized spacial score (nSPS) is 11.6. The van der Waals surface area contributed by atoms with Crippen molar-refractivity contribution in [3.8, 4) is 0 Å². The van der Waals surface area contributed by atoms with E-state index in [0.717, 1.165) is 15.6 Å². The SMILES string of the molecule is Cc1cc(C)c(NS(=O)(=O)Cc2cc(C)on2)c(Br)c1. The summed E-state index contributed by atoms with van der Waals surface area (Å²) in [6, 6.07) is 5.39. The van der Waals surface area contributed by atoms with Gasteiger partial charge in [0.15, 0.2) is 0 Å². The monoisotopic (exact) mass is 358 g/mol. The van der Waals surface area contributed by atoms with E-state index in [2.05, 4.69) is 25.8 Å². The number of hydrogen-bond donors (Lipinski definition) is 1. The molecule has 0 saturated carbocycles. The van der Waals surface area contributed by atoms with Gasteiger partial charge in [0.1, 0.15) is 17.2 Å². The Morgan fingerprint density at radius 3 is 2.50 bits per heavy atom. The zero-order valence-electron chi connectivity index (χ0n) is 11.4. The molecule has 1 N–H and O–H groups in total. The van der Waals surface area contributed by atoms with Gasteiger partial charge in [0.25, 0.3) is 0 Å². The van der Waals surface area contributed by atoms with Crippen LogP contribution >= 0.6 is 15.9 Å². The fraction of sp³-hybridized carbons (Fsp3) is 0.308. The molecule has 0 aliphatic carbocycles. The molecule has 2 rings (SSSR count). The molecule has 7 heteroatoms.